The Balaban J connectivity index is 1.48. The third kappa shape index (κ3) is 3.94. The number of aryl methyl sites for hydroxylation is 1. The first-order valence-electron chi connectivity index (χ1n) is 9.79. The number of pyridine rings is 1. The Hall–Kier alpha value is -2.29. The monoisotopic (exact) mass is 385 g/mol. The maximum atomic E-state index is 10.8. The zero-order chi connectivity index (χ0) is 19.5. The molecule has 0 radical (unpaired) electrons. The summed E-state index contributed by atoms with van der Waals surface area (Å²) in [6.07, 6.45) is 3.72. The summed E-state index contributed by atoms with van der Waals surface area (Å²) in [6.45, 7) is 8.50. The standard InChI is InChI=1S/C20H27N5O3/c1-14-19(22-13-23-20(14)28-18-4-3-6-21-15(18)2)25-7-5-16(17(26)12-25)24-8-10-27-11-9-24/h3-4,6,13,16-17,26H,5,7-12H2,1-2H3/t16-,17-/m0/s1. The molecule has 28 heavy (non-hydrogen) atoms. The number of β-amino-alcohol motifs (C(OH)–C–C–N with tert-alkyl or cyclic N) is 1. The lowest BCUT2D eigenvalue weighted by Gasteiger charge is -2.43. The van der Waals surface area contributed by atoms with Crippen LogP contribution in [0.4, 0.5) is 5.82 Å². The van der Waals surface area contributed by atoms with E-state index in [4.69, 9.17) is 9.47 Å². The van der Waals surface area contributed by atoms with E-state index in [-0.39, 0.29) is 6.04 Å². The topological polar surface area (TPSA) is 83.8 Å². The number of hydrogen-bond donors (Lipinski definition) is 1. The predicted molar refractivity (Wildman–Crippen MR) is 105 cm³/mol. The summed E-state index contributed by atoms with van der Waals surface area (Å²) < 4.78 is 11.4. The van der Waals surface area contributed by atoms with Crippen molar-refractivity contribution in [2.24, 2.45) is 0 Å². The van der Waals surface area contributed by atoms with Gasteiger partial charge in [-0.05, 0) is 32.4 Å². The lowest BCUT2D eigenvalue weighted by molar-refractivity contribution is -0.0274. The van der Waals surface area contributed by atoms with Crippen LogP contribution in [0.5, 0.6) is 11.6 Å². The maximum absolute atomic E-state index is 10.8. The number of aliphatic hydroxyl groups excluding tert-OH is 1. The second-order valence-corrected chi connectivity index (χ2v) is 7.33. The van der Waals surface area contributed by atoms with Gasteiger partial charge in [-0.15, -0.1) is 0 Å². The van der Waals surface area contributed by atoms with Crippen LogP contribution in [0.25, 0.3) is 0 Å². The number of piperidine rings is 1. The highest BCUT2D eigenvalue weighted by Crippen LogP contribution is 2.31. The molecule has 2 aliphatic rings. The number of hydrogen-bond acceptors (Lipinski definition) is 8. The molecule has 2 aromatic rings. The van der Waals surface area contributed by atoms with Gasteiger partial charge in [-0.2, -0.15) is 0 Å². The second kappa shape index (κ2) is 8.38. The van der Waals surface area contributed by atoms with Gasteiger partial charge in [0.2, 0.25) is 5.88 Å². The molecule has 0 saturated carbocycles. The molecular weight excluding hydrogens is 358 g/mol. The predicted octanol–water partition coefficient (Wildman–Crippen LogP) is 1.55. The molecule has 2 atom stereocenters. The zero-order valence-corrected chi connectivity index (χ0v) is 16.4. The maximum Gasteiger partial charge on any atom is 0.227 e. The Labute approximate surface area is 165 Å². The van der Waals surface area contributed by atoms with Gasteiger partial charge in [-0.1, -0.05) is 0 Å². The van der Waals surface area contributed by atoms with E-state index in [1.54, 1.807) is 6.20 Å². The molecule has 4 heterocycles. The highest BCUT2D eigenvalue weighted by Gasteiger charge is 2.34. The fourth-order valence-corrected chi connectivity index (χ4v) is 3.98. The van der Waals surface area contributed by atoms with Crippen LogP contribution in [-0.2, 0) is 4.74 Å². The number of anilines is 1. The molecule has 2 aromatic heterocycles. The van der Waals surface area contributed by atoms with Gasteiger partial charge < -0.3 is 19.5 Å². The Kier molecular flexibility index (Phi) is 5.70. The van der Waals surface area contributed by atoms with Crippen molar-refractivity contribution in [1.29, 1.82) is 0 Å². The van der Waals surface area contributed by atoms with Crippen LogP contribution in [0.2, 0.25) is 0 Å². The summed E-state index contributed by atoms with van der Waals surface area (Å²) >= 11 is 0. The van der Waals surface area contributed by atoms with Gasteiger partial charge in [0.15, 0.2) is 5.75 Å². The van der Waals surface area contributed by atoms with Crippen LogP contribution in [0, 0.1) is 13.8 Å². The van der Waals surface area contributed by atoms with Gasteiger partial charge in [0.05, 0.1) is 30.6 Å². The summed E-state index contributed by atoms with van der Waals surface area (Å²) in [6, 6.07) is 3.89. The van der Waals surface area contributed by atoms with Crippen molar-refractivity contribution in [2.45, 2.75) is 32.4 Å². The number of aliphatic hydroxyl groups is 1. The normalized spacial score (nSPS) is 23.6. The SMILES string of the molecule is Cc1ncccc1Oc1ncnc(N2CC[C@H](N3CCOCC3)[C@@H](O)C2)c1C. The molecule has 0 spiro atoms. The van der Waals surface area contributed by atoms with Crippen LogP contribution in [0.15, 0.2) is 24.7 Å². The first-order chi connectivity index (χ1) is 13.6. The number of morpholine rings is 1. The van der Waals surface area contributed by atoms with Gasteiger partial charge in [0.1, 0.15) is 12.1 Å². The Morgan fingerprint density at radius 3 is 2.71 bits per heavy atom. The van der Waals surface area contributed by atoms with E-state index in [9.17, 15) is 5.11 Å². The first-order valence-corrected chi connectivity index (χ1v) is 9.79. The van der Waals surface area contributed by atoms with Gasteiger partial charge in [0.25, 0.3) is 0 Å². The van der Waals surface area contributed by atoms with Crippen molar-refractivity contribution in [1.82, 2.24) is 19.9 Å². The van der Waals surface area contributed by atoms with E-state index in [1.807, 2.05) is 26.0 Å². The Bertz CT molecular complexity index is 812. The molecule has 2 saturated heterocycles. The van der Waals surface area contributed by atoms with Gasteiger partial charge >= 0.3 is 0 Å². The average molecular weight is 385 g/mol. The van der Waals surface area contributed by atoms with E-state index < -0.39 is 6.10 Å². The highest BCUT2D eigenvalue weighted by atomic mass is 16.5. The summed E-state index contributed by atoms with van der Waals surface area (Å²) in [7, 11) is 0. The minimum absolute atomic E-state index is 0.177. The van der Waals surface area contributed by atoms with Crippen LogP contribution >= 0.6 is 0 Å². The van der Waals surface area contributed by atoms with Crippen molar-refractivity contribution in [3.63, 3.8) is 0 Å². The fourth-order valence-electron chi connectivity index (χ4n) is 3.98. The molecular formula is C20H27N5O3. The Morgan fingerprint density at radius 2 is 1.96 bits per heavy atom. The van der Waals surface area contributed by atoms with E-state index in [1.165, 1.54) is 6.33 Å². The summed E-state index contributed by atoms with van der Waals surface area (Å²) in [5, 5.41) is 10.8. The summed E-state index contributed by atoms with van der Waals surface area (Å²) in [4.78, 5) is 17.5. The zero-order valence-electron chi connectivity index (χ0n) is 16.4. The minimum atomic E-state index is -0.425. The number of aromatic nitrogens is 3. The lowest BCUT2D eigenvalue weighted by Crippen LogP contribution is -2.56. The van der Waals surface area contributed by atoms with Crippen molar-refractivity contribution >= 4 is 5.82 Å². The smallest absolute Gasteiger partial charge is 0.227 e. The van der Waals surface area contributed by atoms with Crippen molar-refractivity contribution in [3.8, 4) is 11.6 Å². The van der Waals surface area contributed by atoms with E-state index in [0.717, 1.165) is 56.3 Å². The summed E-state index contributed by atoms with van der Waals surface area (Å²) in [5.74, 6) is 2.01. The molecule has 4 rings (SSSR count). The van der Waals surface area contributed by atoms with Crippen LogP contribution < -0.4 is 9.64 Å². The molecule has 1 N–H and O–H groups in total. The van der Waals surface area contributed by atoms with Crippen LogP contribution in [-0.4, -0.2) is 76.5 Å². The van der Waals surface area contributed by atoms with Crippen molar-refractivity contribution in [3.05, 3.63) is 35.9 Å². The molecule has 0 amide bonds. The molecule has 2 aliphatic heterocycles. The molecule has 0 aromatic carbocycles. The molecule has 0 aliphatic carbocycles. The molecule has 8 nitrogen and oxygen atoms in total. The molecule has 2 fully saturated rings. The largest absolute Gasteiger partial charge is 0.437 e. The molecule has 150 valence electrons. The third-order valence-corrected chi connectivity index (χ3v) is 5.54. The first kappa shape index (κ1) is 19.0. The van der Waals surface area contributed by atoms with Crippen molar-refractivity contribution < 1.29 is 14.6 Å². The average Bonchev–Trinajstić information content (AvgIpc) is 2.72. The fraction of sp³-hybridized carbons (Fsp3) is 0.550. The minimum Gasteiger partial charge on any atom is -0.437 e. The van der Waals surface area contributed by atoms with Gasteiger partial charge in [0, 0.05) is 38.4 Å². The Morgan fingerprint density at radius 1 is 1.14 bits per heavy atom. The highest BCUT2D eigenvalue weighted by molar-refractivity contribution is 5.51. The van der Waals surface area contributed by atoms with Gasteiger partial charge in [-0.3, -0.25) is 9.88 Å². The second-order valence-electron chi connectivity index (χ2n) is 7.33. The van der Waals surface area contributed by atoms with Crippen molar-refractivity contribution in [2.75, 3.05) is 44.3 Å². The number of nitrogens with zero attached hydrogens (tertiary/aromatic N) is 5. The van der Waals surface area contributed by atoms with E-state index in [2.05, 4.69) is 24.8 Å². The number of rotatable bonds is 4. The molecule has 0 unspecified atom stereocenters. The van der Waals surface area contributed by atoms with E-state index >= 15 is 0 Å². The molecule has 8 heteroatoms. The lowest BCUT2D eigenvalue weighted by atomic mass is 9.99. The third-order valence-electron chi connectivity index (χ3n) is 5.54. The summed E-state index contributed by atoms with van der Waals surface area (Å²) in [5.41, 5.74) is 1.67. The molecule has 0 bridgehead atoms. The van der Waals surface area contributed by atoms with Crippen LogP contribution in [0.1, 0.15) is 17.7 Å². The van der Waals surface area contributed by atoms with Crippen LogP contribution in [0.3, 0.4) is 0 Å². The van der Waals surface area contributed by atoms with Gasteiger partial charge in [-0.25, -0.2) is 9.97 Å². The quantitative estimate of drug-likeness (QED) is 0.849. The number of ether oxygens (including phenoxy) is 2. The van der Waals surface area contributed by atoms with E-state index in [0.29, 0.717) is 18.2 Å².